The number of carboxylic acids is 1. The average molecular weight is 303 g/mol. The summed E-state index contributed by atoms with van der Waals surface area (Å²) in [5.74, 6) is -0.458. The third-order valence-corrected chi connectivity index (χ3v) is 4.31. The Bertz CT molecular complexity index is 681. The molecule has 7 heteroatoms. The number of aromatic nitrogens is 2. The number of aryl methyl sites for hydroxylation is 1. The fourth-order valence-electron chi connectivity index (χ4n) is 2.92. The number of amides is 1. The van der Waals surface area contributed by atoms with Crippen LogP contribution in [-0.4, -0.2) is 44.8 Å². The quantitative estimate of drug-likeness (QED) is 0.928. The molecule has 1 saturated heterocycles. The molecular formula is C15H17N3O4. The van der Waals surface area contributed by atoms with Crippen LogP contribution in [0.1, 0.15) is 29.0 Å². The first-order valence-corrected chi connectivity index (χ1v) is 7.11. The van der Waals surface area contributed by atoms with Crippen LogP contribution in [0, 0.1) is 6.92 Å². The minimum atomic E-state index is -1.08. The minimum absolute atomic E-state index is 0.120. The molecule has 1 aliphatic rings. The number of furan rings is 1. The van der Waals surface area contributed by atoms with Crippen LogP contribution in [0.4, 0.5) is 0 Å². The predicted octanol–water partition coefficient (Wildman–Crippen LogP) is 1.50. The van der Waals surface area contributed by atoms with Crippen LogP contribution in [0.2, 0.25) is 0 Å². The lowest BCUT2D eigenvalue weighted by Gasteiger charge is -2.38. The largest absolute Gasteiger partial charge is 0.479 e. The monoisotopic (exact) mass is 303 g/mol. The van der Waals surface area contributed by atoms with Crippen molar-refractivity contribution in [3.8, 4) is 0 Å². The number of nitrogens with zero attached hydrogens (tertiary/aromatic N) is 3. The van der Waals surface area contributed by atoms with Gasteiger partial charge in [0.05, 0.1) is 11.8 Å². The Labute approximate surface area is 127 Å². The zero-order valence-electron chi connectivity index (χ0n) is 12.2. The normalized spacial score (nSPS) is 17.4. The highest BCUT2D eigenvalue weighted by molar-refractivity contribution is 5.95. The summed E-state index contributed by atoms with van der Waals surface area (Å²) in [6.45, 7) is 2.48. The smallest absolute Gasteiger partial charge is 0.331 e. The van der Waals surface area contributed by atoms with Crippen molar-refractivity contribution in [2.24, 2.45) is 0 Å². The van der Waals surface area contributed by atoms with Crippen LogP contribution in [-0.2, 0) is 10.3 Å². The van der Waals surface area contributed by atoms with E-state index >= 15 is 0 Å². The van der Waals surface area contributed by atoms with Crippen molar-refractivity contribution in [1.29, 1.82) is 0 Å². The van der Waals surface area contributed by atoms with E-state index in [-0.39, 0.29) is 5.91 Å². The van der Waals surface area contributed by atoms with Crippen LogP contribution in [0.5, 0.6) is 0 Å². The van der Waals surface area contributed by atoms with Crippen molar-refractivity contribution in [2.45, 2.75) is 25.3 Å². The van der Waals surface area contributed by atoms with E-state index in [1.807, 2.05) is 0 Å². The van der Waals surface area contributed by atoms with Crippen LogP contribution in [0.25, 0.3) is 0 Å². The molecule has 2 aromatic heterocycles. The maximum absolute atomic E-state index is 12.4. The Morgan fingerprint density at radius 1 is 1.36 bits per heavy atom. The molecule has 0 aromatic carbocycles. The van der Waals surface area contributed by atoms with Crippen LogP contribution < -0.4 is 0 Å². The van der Waals surface area contributed by atoms with Gasteiger partial charge in [0.25, 0.3) is 5.91 Å². The van der Waals surface area contributed by atoms with Crippen molar-refractivity contribution in [3.05, 3.63) is 42.1 Å². The van der Waals surface area contributed by atoms with E-state index in [0.29, 0.717) is 37.3 Å². The minimum Gasteiger partial charge on any atom is -0.479 e. The summed E-state index contributed by atoms with van der Waals surface area (Å²) in [4.78, 5) is 25.9. The van der Waals surface area contributed by atoms with E-state index in [0.717, 1.165) is 0 Å². The van der Waals surface area contributed by atoms with Gasteiger partial charge in [0.15, 0.2) is 5.54 Å². The average Bonchev–Trinajstić information content (AvgIpc) is 3.18. The van der Waals surface area contributed by atoms with Gasteiger partial charge in [-0.05, 0) is 19.1 Å². The first kappa shape index (κ1) is 14.4. The summed E-state index contributed by atoms with van der Waals surface area (Å²) in [5, 5.41) is 13.7. The van der Waals surface area contributed by atoms with E-state index in [9.17, 15) is 14.7 Å². The van der Waals surface area contributed by atoms with E-state index in [1.54, 1.807) is 36.4 Å². The second-order valence-electron chi connectivity index (χ2n) is 5.47. The van der Waals surface area contributed by atoms with Crippen molar-refractivity contribution < 1.29 is 19.1 Å². The van der Waals surface area contributed by atoms with Gasteiger partial charge in [0.1, 0.15) is 5.76 Å². The fourth-order valence-corrected chi connectivity index (χ4v) is 2.92. The van der Waals surface area contributed by atoms with Gasteiger partial charge >= 0.3 is 5.97 Å². The molecule has 2 aromatic rings. The molecule has 3 heterocycles. The van der Waals surface area contributed by atoms with Crippen molar-refractivity contribution >= 4 is 11.9 Å². The molecule has 0 aliphatic carbocycles. The Hall–Kier alpha value is -2.57. The van der Waals surface area contributed by atoms with Gasteiger partial charge in [-0.2, -0.15) is 5.10 Å². The summed E-state index contributed by atoms with van der Waals surface area (Å²) in [5.41, 5.74) is -0.548. The lowest BCUT2D eigenvalue weighted by atomic mass is 9.87. The van der Waals surface area contributed by atoms with Crippen LogP contribution in [0.15, 0.2) is 35.2 Å². The Balaban J connectivity index is 1.78. The number of carbonyl (C=O) groups excluding carboxylic acids is 1. The van der Waals surface area contributed by atoms with Gasteiger partial charge in [-0.3, -0.25) is 9.48 Å². The number of hydrogen-bond donors (Lipinski definition) is 1. The molecule has 0 saturated carbocycles. The molecule has 1 fully saturated rings. The highest BCUT2D eigenvalue weighted by Crippen LogP contribution is 2.31. The Morgan fingerprint density at radius 3 is 2.59 bits per heavy atom. The van der Waals surface area contributed by atoms with Gasteiger partial charge in [-0.15, -0.1) is 0 Å². The molecule has 0 spiro atoms. The highest BCUT2D eigenvalue weighted by Gasteiger charge is 2.45. The second-order valence-corrected chi connectivity index (χ2v) is 5.47. The Kier molecular flexibility index (Phi) is 3.48. The molecule has 0 unspecified atom stereocenters. The molecule has 0 bridgehead atoms. The standard InChI is InChI=1S/C15H17N3O4/c1-11-12(3-10-22-11)13(19)17-8-4-15(5-9-17,14(20)21)18-7-2-6-16-18/h2-3,6-7,10H,4-5,8-9H2,1H3,(H,20,21). The molecule has 116 valence electrons. The first-order chi connectivity index (χ1) is 10.5. The number of carbonyl (C=O) groups is 2. The van der Waals surface area contributed by atoms with Gasteiger partial charge in [-0.1, -0.05) is 0 Å². The van der Waals surface area contributed by atoms with Crippen LogP contribution in [0.3, 0.4) is 0 Å². The molecule has 0 atom stereocenters. The van der Waals surface area contributed by atoms with Crippen molar-refractivity contribution in [1.82, 2.24) is 14.7 Å². The van der Waals surface area contributed by atoms with Gasteiger partial charge in [0, 0.05) is 38.3 Å². The summed E-state index contributed by atoms with van der Waals surface area (Å²) >= 11 is 0. The lowest BCUT2D eigenvalue weighted by Crippen LogP contribution is -2.52. The molecule has 0 radical (unpaired) electrons. The summed E-state index contributed by atoms with van der Waals surface area (Å²) < 4.78 is 6.65. The molecule has 1 aliphatic heterocycles. The zero-order chi connectivity index (χ0) is 15.7. The van der Waals surface area contributed by atoms with Crippen LogP contribution >= 0.6 is 0 Å². The highest BCUT2D eigenvalue weighted by atomic mass is 16.4. The molecule has 3 rings (SSSR count). The maximum atomic E-state index is 12.4. The lowest BCUT2D eigenvalue weighted by molar-refractivity contribution is -0.150. The van der Waals surface area contributed by atoms with E-state index in [4.69, 9.17) is 4.42 Å². The molecule has 22 heavy (non-hydrogen) atoms. The van der Waals surface area contributed by atoms with Crippen molar-refractivity contribution in [3.63, 3.8) is 0 Å². The number of carboxylic acid groups (broad SMARTS) is 1. The van der Waals surface area contributed by atoms with Gasteiger partial charge < -0.3 is 14.4 Å². The zero-order valence-corrected chi connectivity index (χ0v) is 12.2. The first-order valence-electron chi connectivity index (χ1n) is 7.11. The summed E-state index contributed by atoms with van der Waals surface area (Å²) in [7, 11) is 0. The molecule has 1 amide bonds. The number of piperidine rings is 1. The third kappa shape index (κ3) is 2.18. The Morgan fingerprint density at radius 2 is 2.09 bits per heavy atom. The number of aliphatic carboxylic acids is 1. The second kappa shape index (κ2) is 5.32. The van der Waals surface area contributed by atoms with Gasteiger partial charge in [0.2, 0.25) is 0 Å². The number of hydrogen-bond acceptors (Lipinski definition) is 4. The molecule has 7 nitrogen and oxygen atoms in total. The summed E-state index contributed by atoms with van der Waals surface area (Å²) in [6.07, 6.45) is 5.36. The summed E-state index contributed by atoms with van der Waals surface area (Å²) in [6, 6.07) is 3.35. The predicted molar refractivity (Wildman–Crippen MR) is 76.4 cm³/mol. The topological polar surface area (TPSA) is 88.6 Å². The SMILES string of the molecule is Cc1occc1C(=O)N1CCC(C(=O)O)(n2cccn2)CC1. The molecule has 1 N–H and O–H groups in total. The van der Waals surface area contributed by atoms with E-state index < -0.39 is 11.5 Å². The maximum Gasteiger partial charge on any atom is 0.331 e. The van der Waals surface area contributed by atoms with E-state index in [2.05, 4.69) is 5.10 Å². The number of likely N-dealkylation sites (tertiary alicyclic amines) is 1. The number of rotatable bonds is 3. The van der Waals surface area contributed by atoms with Crippen molar-refractivity contribution in [2.75, 3.05) is 13.1 Å². The van der Waals surface area contributed by atoms with Gasteiger partial charge in [-0.25, -0.2) is 4.79 Å². The fraction of sp³-hybridized carbons (Fsp3) is 0.400. The van der Waals surface area contributed by atoms with E-state index in [1.165, 1.54) is 10.9 Å². The third-order valence-electron chi connectivity index (χ3n) is 4.31. The molecular weight excluding hydrogens is 286 g/mol.